The molecule has 0 spiro atoms. The van der Waals surface area contributed by atoms with Crippen molar-refractivity contribution >= 4 is 39.0 Å². The number of thiazole rings is 1. The van der Waals surface area contributed by atoms with Gasteiger partial charge in [-0.05, 0) is 78.4 Å². The Bertz CT molecular complexity index is 2000. The molecule has 2 aliphatic rings. The second kappa shape index (κ2) is 9.91. The molecule has 0 fully saturated rings. The van der Waals surface area contributed by atoms with Gasteiger partial charge < -0.3 is 9.15 Å². The van der Waals surface area contributed by atoms with Gasteiger partial charge in [0.05, 0.1) is 23.4 Å². The number of hydrogen-bond acceptors (Lipinski definition) is 5. The molecule has 1 aliphatic carbocycles. The number of benzene rings is 3. The van der Waals surface area contributed by atoms with Crippen LogP contribution in [0.15, 0.2) is 103 Å². The fraction of sp³-hybridized carbons (Fsp3) is 0.152. The summed E-state index contributed by atoms with van der Waals surface area (Å²) in [6.07, 6.45) is 3.60. The van der Waals surface area contributed by atoms with Crippen LogP contribution in [-0.4, -0.2) is 11.7 Å². The SMILES string of the molecule is COc1ccc([C@H]2C3=C(N=c4s/c(=C\c5ccc(-c6ccc(C)cc6Br)o5)c(=O)n42)c2ccccc2CC3)cc1. The molecule has 7 rings (SSSR count). The molecular formula is C33H25BrN2O3S. The summed E-state index contributed by atoms with van der Waals surface area (Å²) in [5.74, 6) is 2.16. The van der Waals surface area contributed by atoms with Crippen molar-refractivity contribution in [2.75, 3.05) is 7.11 Å². The van der Waals surface area contributed by atoms with Crippen LogP contribution in [0.2, 0.25) is 0 Å². The van der Waals surface area contributed by atoms with Crippen molar-refractivity contribution < 1.29 is 9.15 Å². The Labute approximate surface area is 243 Å². The number of hydrogen-bond donors (Lipinski definition) is 0. The topological polar surface area (TPSA) is 56.7 Å². The summed E-state index contributed by atoms with van der Waals surface area (Å²) < 4.78 is 15.0. The number of fused-ring (bicyclic) bond motifs is 3. The van der Waals surface area contributed by atoms with Crippen LogP contribution >= 0.6 is 27.3 Å². The molecule has 3 heterocycles. The van der Waals surface area contributed by atoms with E-state index in [1.54, 1.807) is 7.11 Å². The van der Waals surface area contributed by atoms with Crippen molar-refractivity contribution in [1.82, 2.24) is 4.57 Å². The molecule has 5 aromatic rings. The molecule has 0 N–H and O–H groups in total. The fourth-order valence-electron chi connectivity index (χ4n) is 5.63. The minimum Gasteiger partial charge on any atom is -0.497 e. The highest BCUT2D eigenvalue weighted by Crippen LogP contribution is 2.41. The molecule has 7 heteroatoms. The van der Waals surface area contributed by atoms with Crippen molar-refractivity contribution in [1.29, 1.82) is 0 Å². The number of aromatic nitrogens is 1. The summed E-state index contributed by atoms with van der Waals surface area (Å²) in [6, 6.07) is 26.2. The standard InChI is InChI=1S/C33H25BrN2O3S/c1-19-7-14-25(27(34)17-19)28-16-13-23(39-28)18-29-32(37)36-31(21-8-11-22(38-2)12-9-21)26-15-10-20-5-3-4-6-24(20)30(26)35-33(36)40-29/h3-9,11-14,16-18,31H,10,15H2,1-2H3/b29-18-/t31-/m0/s1. The third-order valence-corrected chi connectivity index (χ3v) is 9.23. The second-order valence-corrected chi connectivity index (χ2v) is 11.9. The summed E-state index contributed by atoms with van der Waals surface area (Å²) in [6.45, 7) is 2.05. The molecule has 0 saturated heterocycles. The largest absolute Gasteiger partial charge is 0.497 e. The fourth-order valence-corrected chi connectivity index (χ4v) is 7.30. The molecule has 5 nitrogen and oxygen atoms in total. The van der Waals surface area contributed by atoms with E-state index in [9.17, 15) is 4.79 Å². The van der Waals surface area contributed by atoms with Crippen LogP contribution in [0.3, 0.4) is 0 Å². The lowest BCUT2D eigenvalue weighted by Crippen LogP contribution is -2.38. The third kappa shape index (κ3) is 4.21. The van der Waals surface area contributed by atoms with Gasteiger partial charge in [0.25, 0.3) is 5.56 Å². The Morgan fingerprint density at radius 2 is 1.85 bits per heavy atom. The molecule has 198 valence electrons. The number of nitrogens with zero attached hydrogens (tertiary/aromatic N) is 2. The predicted molar refractivity (Wildman–Crippen MR) is 162 cm³/mol. The molecule has 1 aliphatic heterocycles. The van der Waals surface area contributed by atoms with Gasteiger partial charge in [-0.25, -0.2) is 4.99 Å². The van der Waals surface area contributed by atoms with Crippen LogP contribution in [0.4, 0.5) is 0 Å². The Kier molecular flexibility index (Phi) is 6.21. The lowest BCUT2D eigenvalue weighted by Gasteiger charge is -2.30. The Morgan fingerprint density at radius 3 is 2.65 bits per heavy atom. The molecule has 40 heavy (non-hydrogen) atoms. The Balaban J connectivity index is 1.39. The van der Waals surface area contributed by atoms with E-state index >= 15 is 0 Å². The second-order valence-electron chi connectivity index (χ2n) is 10.1. The highest BCUT2D eigenvalue weighted by Gasteiger charge is 2.32. The molecule has 0 bridgehead atoms. The van der Waals surface area contributed by atoms with Crippen LogP contribution in [-0.2, 0) is 6.42 Å². The number of methoxy groups -OCH3 is 1. The Hall–Kier alpha value is -3.94. The normalized spacial score (nSPS) is 16.3. The minimum atomic E-state index is -0.233. The van der Waals surface area contributed by atoms with Gasteiger partial charge in [-0.15, -0.1) is 0 Å². The van der Waals surface area contributed by atoms with Crippen molar-refractivity contribution in [3.05, 3.63) is 137 Å². The average Bonchev–Trinajstić information content (AvgIpc) is 3.56. The van der Waals surface area contributed by atoms with Gasteiger partial charge in [-0.3, -0.25) is 9.36 Å². The highest BCUT2D eigenvalue weighted by atomic mass is 79.9. The van der Waals surface area contributed by atoms with E-state index in [4.69, 9.17) is 14.1 Å². The van der Waals surface area contributed by atoms with Crippen LogP contribution in [0.1, 0.15) is 40.5 Å². The molecule has 0 saturated carbocycles. The van der Waals surface area contributed by atoms with Gasteiger partial charge in [-0.2, -0.15) is 0 Å². The zero-order chi connectivity index (χ0) is 27.4. The third-order valence-electron chi connectivity index (χ3n) is 7.59. The monoisotopic (exact) mass is 608 g/mol. The van der Waals surface area contributed by atoms with Crippen LogP contribution < -0.4 is 19.6 Å². The lowest BCUT2D eigenvalue weighted by molar-refractivity contribution is 0.414. The maximum Gasteiger partial charge on any atom is 0.271 e. The first-order chi connectivity index (χ1) is 19.5. The molecule has 0 amide bonds. The number of ether oxygens (including phenoxy) is 1. The number of aryl methyl sites for hydroxylation is 2. The van der Waals surface area contributed by atoms with Gasteiger partial charge >= 0.3 is 0 Å². The van der Waals surface area contributed by atoms with Crippen molar-refractivity contribution in [2.45, 2.75) is 25.8 Å². The minimum absolute atomic E-state index is 0.0653. The first-order valence-corrected chi connectivity index (χ1v) is 14.7. The molecule has 0 unspecified atom stereocenters. The Morgan fingerprint density at radius 1 is 1.02 bits per heavy atom. The lowest BCUT2D eigenvalue weighted by atomic mass is 9.83. The predicted octanol–water partition coefficient (Wildman–Crippen LogP) is 6.66. The summed E-state index contributed by atoms with van der Waals surface area (Å²) in [4.78, 5) is 19.8. The molecule has 2 aromatic heterocycles. The smallest absolute Gasteiger partial charge is 0.271 e. The molecular weight excluding hydrogens is 584 g/mol. The van der Waals surface area contributed by atoms with Gasteiger partial charge in [0.2, 0.25) is 0 Å². The number of furan rings is 1. The molecule has 3 aromatic carbocycles. The number of allylic oxidation sites excluding steroid dienone is 1. The van der Waals surface area contributed by atoms with E-state index in [-0.39, 0.29) is 11.6 Å². The zero-order valence-electron chi connectivity index (χ0n) is 22.0. The highest BCUT2D eigenvalue weighted by molar-refractivity contribution is 9.10. The van der Waals surface area contributed by atoms with E-state index in [0.717, 1.165) is 51.2 Å². The first-order valence-electron chi connectivity index (χ1n) is 13.1. The maximum atomic E-state index is 14.0. The summed E-state index contributed by atoms with van der Waals surface area (Å²) in [7, 11) is 1.66. The quantitative estimate of drug-likeness (QED) is 0.229. The van der Waals surface area contributed by atoms with Gasteiger partial charge in [0.1, 0.15) is 17.3 Å². The molecule has 1 atom stereocenters. The van der Waals surface area contributed by atoms with E-state index < -0.39 is 0 Å². The van der Waals surface area contributed by atoms with Gasteiger partial charge in [0, 0.05) is 21.7 Å². The van der Waals surface area contributed by atoms with E-state index in [0.29, 0.717) is 15.1 Å². The summed E-state index contributed by atoms with van der Waals surface area (Å²) >= 11 is 5.05. The van der Waals surface area contributed by atoms with Crippen LogP contribution in [0.25, 0.3) is 23.1 Å². The van der Waals surface area contributed by atoms with Gasteiger partial charge in [-0.1, -0.05) is 69.7 Å². The van der Waals surface area contributed by atoms with E-state index in [1.165, 1.54) is 28.0 Å². The number of halogens is 1. The van der Waals surface area contributed by atoms with Crippen LogP contribution in [0.5, 0.6) is 5.75 Å². The van der Waals surface area contributed by atoms with Crippen LogP contribution in [0, 0.1) is 6.92 Å². The van der Waals surface area contributed by atoms with E-state index in [2.05, 4.69) is 71.4 Å². The number of rotatable bonds is 4. The maximum absolute atomic E-state index is 14.0. The summed E-state index contributed by atoms with van der Waals surface area (Å²) in [5.41, 5.74) is 7.72. The van der Waals surface area contributed by atoms with Crippen molar-refractivity contribution in [3.8, 4) is 17.1 Å². The zero-order valence-corrected chi connectivity index (χ0v) is 24.4. The average molecular weight is 610 g/mol. The van der Waals surface area contributed by atoms with E-state index in [1.807, 2.05) is 41.0 Å². The van der Waals surface area contributed by atoms with Gasteiger partial charge in [0.15, 0.2) is 4.80 Å². The van der Waals surface area contributed by atoms with Crippen molar-refractivity contribution in [3.63, 3.8) is 0 Å². The van der Waals surface area contributed by atoms with Crippen molar-refractivity contribution in [2.24, 2.45) is 4.99 Å². The first kappa shape index (κ1) is 25.1. The summed E-state index contributed by atoms with van der Waals surface area (Å²) in [5, 5.41) is 0. The molecule has 0 radical (unpaired) electrons.